The molecule has 0 aromatic carbocycles. The molecule has 0 saturated carbocycles. The molecule has 0 aliphatic heterocycles. The molecule has 1 aromatic rings. The van der Waals surface area contributed by atoms with Crippen LogP contribution in [0.5, 0.6) is 5.88 Å². The van der Waals surface area contributed by atoms with E-state index in [1.165, 1.54) is 4.98 Å². The van der Waals surface area contributed by atoms with Crippen molar-refractivity contribution in [2.24, 2.45) is 0 Å². The highest BCUT2D eigenvalue weighted by molar-refractivity contribution is 6.17. The summed E-state index contributed by atoms with van der Waals surface area (Å²) in [6.07, 6.45) is -10.5. The first-order valence-corrected chi connectivity index (χ1v) is 4.73. The van der Waals surface area contributed by atoms with Gasteiger partial charge in [0.1, 0.15) is 5.56 Å². The number of H-pyrrole nitrogens is 1. The molecule has 0 aliphatic carbocycles. The molecule has 0 aliphatic rings. The van der Waals surface area contributed by atoms with E-state index in [1.807, 2.05) is 0 Å². The van der Waals surface area contributed by atoms with Crippen molar-refractivity contribution < 1.29 is 31.1 Å². The second kappa shape index (κ2) is 4.71. The minimum atomic E-state index is -5.36. The molecule has 0 unspecified atom stereocenters. The zero-order chi connectivity index (χ0) is 14.1. The van der Waals surface area contributed by atoms with Crippen molar-refractivity contribution in [3.05, 3.63) is 27.5 Å². The van der Waals surface area contributed by atoms with Crippen molar-refractivity contribution in [3.8, 4) is 5.88 Å². The maximum atomic E-state index is 12.5. The zero-order valence-corrected chi connectivity index (χ0v) is 9.00. The molecular weight excluding hydrogens is 292 g/mol. The van der Waals surface area contributed by atoms with E-state index >= 15 is 0 Å². The van der Waals surface area contributed by atoms with Gasteiger partial charge in [-0.15, -0.1) is 24.8 Å². The first-order chi connectivity index (χ1) is 8.04. The third kappa shape index (κ3) is 3.56. The van der Waals surface area contributed by atoms with Crippen LogP contribution in [-0.2, 0) is 12.1 Å². The number of hydrogen-bond donors (Lipinski definition) is 1. The molecule has 1 N–H and O–H groups in total. The lowest BCUT2D eigenvalue weighted by atomic mass is 10.2. The molecule has 0 fully saturated rings. The Bertz CT molecular complexity index is 492. The first-order valence-electron chi connectivity index (χ1n) is 4.19. The number of rotatable bonds is 2. The SMILES string of the molecule is O=c1[nH]c(OC(F)(F)F)c(C(F)(F)F)cc1CCl. The van der Waals surface area contributed by atoms with E-state index in [1.54, 1.807) is 0 Å². The third-order valence-corrected chi connectivity index (χ3v) is 2.04. The Labute approximate surface area is 100 Å². The number of aromatic amines is 1. The summed E-state index contributed by atoms with van der Waals surface area (Å²) >= 11 is 5.19. The Hall–Kier alpha value is -1.38. The van der Waals surface area contributed by atoms with Gasteiger partial charge in [-0.1, -0.05) is 0 Å². The van der Waals surface area contributed by atoms with E-state index in [2.05, 4.69) is 4.74 Å². The van der Waals surface area contributed by atoms with Crippen LogP contribution < -0.4 is 10.3 Å². The smallest absolute Gasteiger partial charge is 0.389 e. The van der Waals surface area contributed by atoms with E-state index in [4.69, 9.17) is 11.6 Å². The fourth-order valence-corrected chi connectivity index (χ4v) is 1.26. The van der Waals surface area contributed by atoms with Crippen molar-refractivity contribution in [1.82, 2.24) is 4.98 Å². The van der Waals surface area contributed by atoms with Crippen molar-refractivity contribution in [3.63, 3.8) is 0 Å². The predicted octanol–water partition coefficient (Wildman–Crippen LogP) is 3.03. The summed E-state index contributed by atoms with van der Waals surface area (Å²) < 4.78 is 76.2. The van der Waals surface area contributed by atoms with E-state index in [9.17, 15) is 31.1 Å². The Morgan fingerprint density at radius 3 is 2.17 bits per heavy atom. The minimum Gasteiger partial charge on any atom is -0.389 e. The van der Waals surface area contributed by atoms with E-state index < -0.39 is 41.0 Å². The topological polar surface area (TPSA) is 42.1 Å². The molecule has 10 heteroatoms. The largest absolute Gasteiger partial charge is 0.574 e. The summed E-state index contributed by atoms with van der Waals surface area (Å²) in [5.41, 5.74) is -3.45. The molecule has 0 atom stereocenters. The quantitative estimate of drug-likeness (QED) is 0.673. The van der Waals surface area contributed by atoms with Crippen molar-refractivity contribution in [2.45, 2.75) is 18.4 Å². The Morgan fingerprint density at radius 2 is 1.78 bits per heavy atom. The van der Waals surface area contributed by atoms with Crippen LogP contribution in [0.25, 0.3) is 0 Å². The molecule has 0 radical (unpaired) electrons. The van der Waals surface area contributed by atoms with Crippen molar-refractivity contribution in [2.75, 3.05) is 0 Å². The zero-order valence-electron chi connectivity index (χ0n) is 8.25. The molecule has 1 aromatic heterocycles. The van der Waals surface area contributed by atoms with Gasteiger partial charge in [-0.3, -0.25) is 9.78 Å². The lowest BCUT2D eigenvalue weighted by Gasteiger charge is -2.15. The Morgan fingerprint density at radius 1 is 1.22 bits per heavy atom. The number of alkyl halides is 7. The van der Waals surface area contributed by atoms with Gasteiger partial charge in [-0.25, -0.2) is 0 Å². The van der Waals surface area contributed by atoms with Crippen LogP contribution in [0, 0.1) is 0 Å². The van der Waals surface area contributed by atoms with Crippen molar-refractivity contribution >= 4 is 11.6 Å². The minimum absolute atomic E-state index is 0.215. The first kappa shape index (κ1) is 14.7. The molecule has 102 valence electrons. The lowest BCUT2D eigenvalue weighted by molar-refractivity contribution is -0.278. The third-order valence-electron chi connectivity index (χ3n) is 1.75. The Balaban J connectivity index is 3.40. The molecule has 0 spiro atoms. The molecule has 0 amide bonds. The van der Waals surface area contributed by atoms with Gasteiger partial charge in [0.25, 0.3) is 5.56 Å². The molecule has 0 saturated heterocycles. The number of ether oxygens (including phenoxy) is 1. The number of halogens is 7. The summed E-state index contributed by atoms with van der Waals surface area (Å²) in [6.45, 7) is 0. The molecule has 18 heavy (non-hydrogen) atoms. The normalized spacial score (nSPS) is 12.6. The second-order valence-electron chi connectivity index (χ2n) is 3.05. The highest BCUT2D eigenvalue weighted by Crippen LogP contribution is 2.36. The average molecular weight is 296 g/mol. The molecule has 1 heterocycles. The summed E-state index contributed by atoms with van der Waals surface area (Å²) in [7, 11) is 0. The fourth-order valence-electron chi connectivity index (χ4n) is 1.06. The van der Waals surface area contributed by atoms with Gasteiger partial charge >= 0.3 is 12.5 Å². The maximum absolute atomic E-state index is 12.5. The molecule has 3 nitrogen and oxygen atoms in total. The maximum Gasteiger partial charge on any atom is 0.574 e. The number of aromatic nitrogens is 1. The van der Waals surface area contributed by atoms with Crippen LogP contribution in [0.4, 0.5) is 26.3 Å². The van der Waals surface area contributed by atoms with Gasteiger partial charge in [0.05, 0.1) is 5.88 Å². The summed E-state index contributed by atoms with van der Waals surface area (Å²) in [4.78, 5) is 12.4. The van der Waals surface area contributed by atoms with E-state index in [0.717, 1.165) is 0 Å². The standard InChI is InChI=1S/C8H4ClF6NO2/c9-2-3-1-4(7(10,11)12)6(16-5(3)17)18-8(13,14)15/h1H,2H2,(H,16,17). The van der Waals surface area contributed by atoms with Gasteiger partial charge in [0.15, 0.2) is 0 Å². The average Bonchev–Trinajstić information content (AvgIpc) is 2.13. The van der Waals surface area contributed by atoms with Gasteiger partial charge in [-0.05, 0) is 6.07 Å². The van der Waals surface area contributed by atoms with Crippen LogP contribution in [0.3, 0.4) is 0 Å². The lowest BCUT2D eigenvalue weighted by Crippen LogP contribution is -2.25. The molecule has 1 rings (SSSR count). The van der Waals surface area contributed by atoms with Crippen LogP contribution in [0.1, 0.15) is 11.1 Å². The molecule has 0 bridgehead atoms. The van der Waals surface area contributed by atoms with Crippen LogP contribution >= 0.6 is 11.6 Å². The van der Waals surface area contributed by atoms with Gasteiger partial charge in [-0.2, -0.15) is 13.2 Å². The fraction of sp³-hybridized carbons (Fsp3) is 0.375. The molecular formula is C8H4ClF6NO2. The number of hydrogen-bond acceptors (Lipinski definition) is 2. The summed E-state index contributed by atoms with van der Waals surface area (Å²) in [6, 6.07) is 0.215. The van der Waals surface area contributed by atoms with Gasteiger partial charge in [0, 0.05) is 5.56 Å². The predicted molar refractivity (Wildman–Crippen MR) is 48.3 cm³/mol. The monoisotopic (exact) mass is 295 g/mol. The highest BCUT2D eigenvalue weighted by Gasteiger charge is 2.40. The van der Waals surface area contributed by atoms with Gasteiger partial charge < -0.3 is 4.74 Å². The number of pyridine rings is 1. The van der Waals surface area contributed by atoms with E-state index in [0.29, 0.717) is 0 Å². The Kier molecular flexibility index (Phi) is 3.84. The highest BCUT2D eigenvalue weighted by atomic mass is 35.5. The second-order valence-corrected chi connectivity index (χ2v) is 3.31. The van der Waals surface area contributed by atoms with E-state index in [-0.39, 0.29) is 6.07 Å². The van der Waals surface area contributed by atoms with Crippen LogP contribution in [0.2, 0.25) is 0 Å². The summed E-state index contributed by atoms with van der Waals surface area (Å²) in [5, 5.41) is 0. The summed E-state index contributed by atoms with van der Waals surface area (Å²) in [5.74, 6) is -2.29. The number of nitrogens with one attached hydrogen (secondary N) is 1. The van der Waals surface area contributed by atoms with Crippen molar-refractivity contribution in [1.29, 1.82) is 0 Å². The van der Waals surface area contributed by atoms with Gasteiger partial charge in [0.2, 0.25) is 5.88 Å². The van der Waals surface area contributed by atoms with Crippen LogP contribution in [-0.4, -0.2) is 11.3 Å². The van der Waals surface area contributed by atoms with Crippen LogP contribution in [0.15, 0.2) is 10.9 Å².